The molecular formula is C21H24F3N5OS. The van der Waals surface area contributed by atoms with Crippen LogP contribution in [0.4, 0.5) is 13.2 Å². The molecule has 1 atom stereocenters. The average molecular weight is 452 g/mol. The van der Waals surface area contributed by atoms with Gasteiger partial charge in [0, 0.05) is 35.1 Å². The molecule has 3 aromatic rings. The molecule has 6 nitrogen and oxygen atoms in total. The molecule has 1 aliphatic rings. The first kappa shape index (κ1) is 21.8. The summed E-state index contributed by atoms with van der Waals surface area (Å²) < 4.78 is 40.1. The number of benzene rings is 1. The van der Waals surface area contributed by atoms with Crippen LogP contribution in [0.25, 0.3) is 21.5 Å². The van der Waals surface area contributed by atoms with Gasteiger partial charge in [0.25, 0.3) is 5.91 Å². The summed E-state index contributed by atoms with van der Waals surface area (Å²) in [5.41, 5.74) is 1.04. The number of thiazole rings is 1. The Morgan fingerprint density at radius 2 is 2.19 bits per heavy atom. The molecular weight excluding hydrogens is 427 g/mol. The molecule has 10 heteroatoms. The molecule has 2 aromatic heterocycles. The van der Waals surface area contributed by atoms with E-state index in [9.17, 15) is 18.0 Å². The molecule has 0 unspecified atom stereocenters. The number of alkyl halides is 3. The van der Waals surface area contributed by atoms with Crippen molar-refractivity contribution in [1.82, 2.24) is 25.0 Å². The number of nitrogens with zero attached hydrogens (tertiary/aromatic N) is 4. The standard InChI is InChI=1S/C21H24F3N5OS/c1-2-8-28-9-3-4-15(12-28)26-19(30)18-16-11-14(20-25-7-10-31-20)5-6-17(16)29(27-18)13-21(22,23)24/h5-7,10-11,15H,2-4,8-9,12-13H2,1H3,(H,26,30)/t15-/m0/s1. The normalized spacial score (nSPS) is 17.9. The van der Waals surface area contributed by atoms with E-state index in [2.05, 4.69) is 27.2 Å². The van der Waals surface area contributed by atoms with E-state index in [0.717, 1.165) is 54.1 Å². The fraction of sp³-hybridized carbons (Fsp3) is 0.476. The summed E-state index contributed by atoms with van der Waals surface area (Å²) in [4.78, 5) is 19.6. The van der Waals surface area contributed by atoms with Crippen LogP contribution < -0.4 is 5.32 Å². The Labute approximate surface area is 182 Å². The quantitative estimate of drug-likeness (QED) is 0.606. The number of amides is 1. The molecule has 1 aromatic carbocycles. The van der Waals surface area contributed by atoms with Crippen LogP contribution in [-0.2, 0) is 6.54 Å². The maximum Gasteiger partial charge on any atom is 0.408 e. The van der Waals surface area contributed by atoms with Gasteiger partial charge in [-0.25, -0.2) is 4.98 Å². The lowest BCUT2D eigenvalue weighted by molar-refractivity contribution is -0.141. The molecule has 1 saturated heterocycles. The SMILES string of the molecule is CCCN1CCC[C@H](NC(=O)c2nn(CC(F)(F)F)c3ccc(-c4nccs4)cc23)C1. The lowest BCUT2D eigenvalue weighted by atomic mass is 10.0. The molecule has 3 heterocycles. The van der Waals surface area contributed by atoms with Crippen molar-refractivity contribution in [3.05, 3.63) is 35.5 Å². The van der Waals surface area contributed by atoms with Crippen molar-refractivity contribution >= 4 is 28.1 Å². The average Bonchev–Trinajstić information content (AvgIpc) is 3.36. The van der Waals surface area contributed by atoms with Gasteiger partial charge in [0.15, 0.2) is 5.69 Å². The molecule has 0 saturated carbocycles. The van der Waals surface area contributed by atoms with Crippen molar-refractivity contribution in [3.63, 3.8) is 0 Å². The molecule has 166 valence electrons. The van der Waals surface area contributed by atoms with E-state index in [0.29, 0.717) is 5.39 Å². The Morgan fingerprint density at radius 3 is 2.90 bits per heavy atom. The van der Waals surface area contributed by atoms with Crippen LogP contribution in [0.5, 0.6) is 0 Å². The summed E-state index contributed by atoms with van der Waals surface area (Å²) in [5.74, 6) is -0.439. The second-order valence-electron chi connectivity index (χ2n) is 7.80. The van der Waals surface area contributed by atoms with Crippen molar-refractivity contribution < 1.29 is 18.0 Å². The smallest absolute Gasteiger partial charge is 0.347 e. The van der Waals surface area contributed by atoms with Gasteiger partial charge in [-0.1, -0.05) is 6.92 Å². The summed E-state index contributed by atoms with van der Waals surface area (Å²) >= 11 is 1.42. The van der Waals surface area contributed by atoms with Crippen LogP contribution in [0.1, 0.15) is 36.7 Å². The Bertz CT molecular complexity index is 1050. The number of hydrogen-bond acceptors (Lipinski definition) is 5. The summed E-state index contributed by atoms with van der Waals surface area (Å²) in [7, 11) is 0. The Kier molecular flexibility index (Phi) is 6.29. The minimum absolute atomic E-state index is 0.0188. The summed E-state index contributed by atoms with van der Waals surface area (Å²) in [5, 5.41) is 10.0. The lowest BCUT2D eigenvalue weighted by Crippen LogP contribution is -2.48. The van der Waals surface area contributed by atoms with E-state index < -0.39 is 18.6 Å². The molecule has 0 spiro atoms. The second kappa shape index (κ2) is 8.96. The Morgan fingerprint density at radius 1 is 1.35 bits per heavy atom. The fourth-order valence-corrected chi connectivity index (χ4v) is 4.72. The highest BCUT2D eigenvalue weighted by Gasteiger charge is 2.31. The number of piperidine rings is 1. The highest BCUT2D eigenvalue weighted by atomic mass is 32.1. The Balaban J connectivity index is 1.66. The highest BCUT2D eigenvalue weighted by Crippen LogP contribution is 2.29. The number of rotatable bonds is 6. The minimum Gasteiger partial charge on any atom is -0.347 e. The molecule has 1 amide bonds. The topological polar surface area (TPSA) is 63.1 Å². The van der Waals surface area contributed by atoms with Gasteiger partial charge >= 0.3 is 6.18 Å². The van der Waals surface area contributed by atoms with E-state index >= 15 is 0 Å². The monoisotopic (exact) mass is 451 g/mol. The van der Waals surface area contributed by atoms with Gasteiger partial charge in [0.2, 0.25) is 0 Å². The van der Waals surface area contributed by atoms with Crippen LogP contribution in [0.3, 0.4) is 0 Å². The third-order valence-corrected chi connectivity index (χ3v) is 6.18. The van der Waals surface area contributed by atoms with E-state index in [1.807, 2.05) is 5.38 Å². The maximum atomic E-state index is 13.1. The molecule has 1 fully saturated rings. The molecule has 4 rings (SSSR count). The van der Waals surface area contributed by atoms with Crippen LogP contribution >= 0.6 is 11.3 Å². The van der Waals surface area contributed by atoms with Gasteiger partial charge < -0.3 is 10.2 Å². The van der Waals surface area contributed by atoms with E-state index in [1.54, 1.807) is 24.4 Å². The fourth-order valence-electron chi connectivity index (χ4n) is 4.08. The van der Waals surface area contributed by atoms with Gasteiger partial charge in [-0.2, -0.15) is 18.3 Å². The molecule has 0 bridgehead atoms. The maximum absolute atomic E-state index is 13.1. The number of hydrogen-bond donors (Lipinski definition) is 1. The highest BCUT2D eigenvalue weighted by molar-refractivity contribution is 7.13. The summed E-state index contributed by atoms with van der Waals surface area (Å²) in [6, 6.07) is 4.94. The number of halogens is 3. The van der Waals surface area contributed by atoms with Crippen LogP contribution in [0.2, 0.25) is 0 Å². The zero-order valence-corrected chi connectivity index (χ0v) is 18.0. The van der Waals surface area contributed by atoms with Crippen molar-refractivity contribution in [1.29, 1.82) is 0 Å². The predicted octanol–water partition coefficient (Wildman–Crippen LogP) is 4.33. The largest absolute Gasteiger partial charge is 0.408 e. The first-order valence-corrected chi connectivity index (χ1v) is 11.2. The number of fused-ring (bicyclic) bond motifs is 1. The third kappa shape index (κ3) is 5.07. The van der Waals surface area contributed by atoms with Gasteiger partial charge in [-0.05, 0) is 50.6 Å². The lowest BCUT2D eigenvalue weighted by Gasteiger charge is -2.32. The first-order chi connectivity index (χ1) is 14.8. The van der Waals surface area contributed by atoms with Crippen molar-refractivity contribution in [3.8, 4) is 10.6 Å². The second-order valence-corrected chi connectivity index (χ2v) is 8.70. The summed E-state index contributed by atoms with van der Waals surface area (Å²) in [6.07, 6.45) is 0.0767. The molecule has 1 aliphatic heterocycles. The zero-order valence-electron chi connectivity index (χ0n) is 17.2. The van der Waals surface area contributed by atoms with Gasteiger partial charge in [-0.3, -0.25) is 9.48 Å². The van der Waals surface area contributed by atoms with Crippen LogP contribution in [0, 0.1) is 0 Å². The molecule has 0 radical (unpaired) electrons. The van der Waals surface area contributed by atoms with Crippen LogP contribution in [-0.4, -0.2) is 57.4 Å². The number of carbonyl (C=O) groups is 1. The first-order valence-electron chi connectivity index (χ1n) is 10.3. The number of aromatic nitrogens is 3. The van der Waals surface area contributed by atoms with E-state index in [4.69, 9.17) is 0 Å². The van der Waals surface area contributed by atoms with Crippen molar-refractivity contribution in [2.24, 2.45) is 0 Å². The zero-order chi connectivity index (χ0) is 22.0. The molecule has 31 heavy (non-hydrogen) atoms. The van der Waals surface area contributed by atoms with Crippen LogP contribution in [0.15, 0.2) is 29.8 Å². The Hall–Kier alpha value is -2.46. The van der Waals surface area contributed by atoms with Crippen molar-refractivity contribution in [2.45, 2.75) is 44.9 Å². The van der Waals surface area contributed by atoms with Gasteiger partial charge in [-0.15, -0.1) is 11.3 Å². The number of carbonyl (C=O) groups excluding carboxylic acids is 1. The third-order valence-electron chi connectivity index (χ3n) is 5.35. The summed E-state index contributed by atoms with van der Waals surface area (Å²) in [6.45, 7) is 3.57. The number of likely N-dealkylation sites (tertiary alicyclic amines) is 1. The van der Waals surface area contributed by atoms with Gasteiger partial charge in [0.05, 0.1) is 5.52 Å². The van der Waals surface area contributed by atoms with E-state index in [-0.39, 0.29) is 17.3 Å². The van der Waals surface area contributed by atoms with E-state index in [1.165, 1.54) is 11.3 Å². The molecule has 0 aliphatic carbocycles. The minimum atomic E-state index is -4.44. The van der Waals surface area contributed by atoms with Crippen molar-refractivity contribution in [2.75, 3.05) is 19.6 Å². The molecule has 1 N–H and O–H groups in total. The number of nitrogens with one attached hydrogen (secondary N) is 1. The predicted molar refractivity (Wildman–Crippen MR) is 114 cm³/mol. The van der Waals surface area contributed by atoms with Gasteiger partial charge in [0.1, 0.15) is 11.6 Å².